The number of nitrogens with one attached hydrogen (secondary N) is 2. The van der Waals surface area contributed by atoms with E-state index in [1.165, 1.54) is 0 Å². The van der Waals surface area contributed by atoms with Crippen LogP contribution in [-0.4, -0.2) is 17.9 Å². The van der Waals surface area contributed by atoms with Crippen LogP contribution < -0.4 is 15.4 Å². The Hall–Kier alpha value is -3.31. The molecule has 148 valence electrons. The van der Waals surface area contributed by atoms with E-state index in [1.54, 1.807) is 72.8 Å². The van der Waals surface area contributed by atoms with Crippen molar-refractivity contribution in [3.05, 3.63) is 88.9 Å². The zero-order chi connectivity index (χ0) is 20.8. The Kier molecular flexibility index (Phi) is 6.52. The van der Waals surface area contributed by atoms with Gasteiger partial charge in [-0.15, -0.1) is 0 Å². The highest BCUT2D eigenvalue weighted by molar-refractivity contribution is 6.34. The molecule has 0 aliphatic carbocycles. The SMILES string of the molecule is CC(C)Oc1ccc(C(=O)Nc2ccc(NC(=O)c3ccccc3Cl)cc2)cc1. The second kappa shape index (κ2) is 9.26. The average Bonchev–Trinajstić information content (AvgIpc) is 2.70. The van der Waals surface area contributed by atoms with Crippen molar-refractivity contribution in [1.29, 1.82) is 0 Å². The van der Waals surface area contributed by atoms with Gasteiger partial charge in [-0.2, -0.15) is 0 Å². The van der Waals surface area contributed by atoms with Crippen LogP contribution in [0.3, 0.4) is 0 Å². The number of rotatable bonds is 6. The molecule has 0 atom stereocenters. The maximum absolute atomic E-state index is 12.4. The van der Waals surface area contributed by atoms with Crippen LogP contribution in [0.25, 0.3) is 0 Å². The summed E-state index contributed by atoms with van der Waals surface area (Å²) in [6.45, 7) is 3.89. The molecule has 0 unspecified atom stereocenters. The minimum atomic E-state index is -0.295. The number of amides is 2. The number of carbonyl (C=O) groups is 2. The number of carbonyl (C=O) groups excluding carboxylic acids is 2. The molecular weight excluding hydrogens is 388 g/mol. The minimum Gasteiger partial charge on any atom is -0.491 e. The van der Waals surface area contributed by atoms with Crippen molar-refractivity contribution in [3.8, 4) is 5.75 Å². The van der Waals surface area contributed by atoms with E-state index in [0.717, 1.165) is 5.75 Å². The van der Waals surface area contributed by atoms with E-state index in [1.807, 2.05) is 13.8 Å². The van der Waals surface area contributed by atoms with Gasteiger partial charge in [0.1, 0.15) is 5.75 Å². The van der Waals surface area contributed by atoms with Gasteiger partial charge in [-0.1, -0.05) is 23.7 Å². The van der Waals surface area contributed by atoms with Gasteiger partial charge in [0, 0.05) is 16.9 Å². The minimum absolute atomic E-state index is 0.0756. The van der Waals surface area contributed by atoms with Gasteiger partial charge in [0.25, 0.3) is 11.8 Å². The number of hydrogen-bond acceptors (Lipinski definition) is 3. The van der Waals surface area contributed by atoms with E-state index in [-0.39, 0.29) is 17.9 Å². The van der Waals surface area contributed by atoms with E-state index in [0.29, 0.717) is 27.5 Å². The number of halogens is 1. The molecule has 2 amide bonds. The van der Waals surface area contributed by atoms with Crippen LogP contribution in [0.5, 0.6) is 5.75 Å². The van der Waals surface area contributed by atoms with Crippen LogP contribution >= 0.6 is 11.6 Å². The smallest absolute Gasteiger partial charge is 0.257 e. The topological polar surface area (TPSA) is 67.4 Å². The van der Waals surface area contributed by atoms with Gasteiger partial charge in [-0.3, -0.25) is 9.59 Å². The van der Waals surface area contributed by atoms with Gasteiger partial charge in [0.05, 0.1) is 16.7 Å². The van der Waals surface area contributed by atoms with Crippen molar-refractivity contribution in [2.24, 2.45) is 0 Å². The van der Waals surface area contributed by atoms with E-state index in [4.69, 9.17) is 16.3 Å². The molecule has 0 bridgehead atoms. The summed E-state index contributed by atoms with van der Waals surface area (Å²) in [6, 6.07) is 20.7. The lowest BCUT2D eigenvalue weighted by Crippen LogP contribution is -2.13. The lowest BCUT2D eigenvalue weighted by atomic mass is 10.2. The summed E-state index contributed by atoms with van der Waals surface area (Å²) in [5.74, 6) is 0.195. The van der Waals surface area contributed by atoms with Gasteiger partial charge in [-0.05, 0) is 74.5 Å². The molecular formula is C23H21ClN2O3. The summed E-state index contributed by atoms with van der Waals surface area (Å²) >= 11 is 6.04. The second-order valence-corrected chi connectivity index (χ2v) is 7.06. The summed E-state index contributed by atoms with van der Waals surface area (Å²) in [4.78, 5) is 24.7. The van der Waals surface area contributed by atoms with Gasteiger partial charge >= 0.3 is 0 Å². The Morgan fingerprint density at radius 1 is 0.793 bits per heavy atom. The third-order valence-electron chi connectivity index (χ3n) is 4.01. The van der Waals surface area contributed by atoms with Crippen LogP contribution in [0, 0.1) is 0 Å². The molecule has 0 saturated heterocycles. The van der Waals surface area contributed by atoms with Crippen molar-refractivity contribution in [3.63, 3.8) is 0 Å². The van der Waals surface area contributed by atoms with E-state index in [9.17, 15) is 9.59 Å². The number of ether oxygens (including phenoxy) is 1. The largest absolute Gasteiger partial charge is 0.491 e. The van der Waals surface area contributed by atoms with Gasteiger partial charge in [0.15, 0.2) is 0 Å². The summed E-state index contributed by atoms with van der Waals surface area (Å²) < 4.78 is 5.58. The molecule has 0 heterocycles. The Bertz CT molecular complexity index is 999. The van der Waals surface area contributed by atoms with Crippen molar-refractivity contribution in [1.82, 2.24) is 0 Å². The van der Waals surface area contributed by atoms with Crippen LogP contribution in [-0.2, 0) is 0 Å². The standard InChI is InChI=1S/C23H21ClN2O3/c1-15(2)29-19-13-7-16(8-14-19)22(27)25-17-9-11-18(12-10-17)26-23(28)20-5-3-4-6-21(20)24/h3-15H,1-2H3,(H,25,27)(H,26,28). The molecule has 5 nitrogen and oxygen atoms in total. The highest BCUT2D eigenvalue weighted by Gasteiger charge is 2.10. The fraction of sp³-hybridized carbons (Fsp3) is 0.130. The lowest BCUT2D eigenvalue weighted by Gasteiger charge is -2.11. The highest BCUT2D eigenvalue weighted by Crippen LogP contribution is 2.20. The third-order valence-corrected chi connectivity index (χ3v) is 4.34. The van der Waals surface area contributed by atoms with E-state index in [2.05, 4.69) is 10.6 Å². The normalized spacial score (nSPS) is 10.5. The second-order valence-electron chi connectivity index (χ2n) is 6.66. The molecule has 0 aromatic heterocycles. The Balaban J connectivity index is 1.61. The quantitative estimate of drug-likeness (QED) is 0.555. The first kappa shape index (κ1) is 20.4. The fourth-order valence-corrected chi connectivity index (χ4v) is 2.86. The van der Waals surface area contributed by atoms with Crippen molar-refractivity contribution in [2.75, 3.05) is 10.6 Å². The number of hydrogen-bond donors (Lipinski definition) is 2. The van der Waals surface area contributed by atoms with Crippen LogP contribution in [0.4, 0.5) is 11.4 Å². The molecule has 0 saturated carbocycles. The molecule has 29 heavy (non-hydrogen) atoms. The van der Waals surface area contributed by atoms with E-state index < -0.39 is 0 Å². The van der Waals surface area contributed by atoms with Crippen LogP contribution in [0.15, 0.2) is 72.8 Å². The molecule has 0 radical (unpaired) electrons. The van der Waals surface area contributed by atoms with Gasteiger partial charge in [0.2, 0.25) is 0 Å². The Labute approximate surface area is 174 Å². The molecule has 2 N–H and O–H groups in total. The Morgan fingerprint density at radius 2 is 1.34 bits per heavy atom. The predicted octanol–water partition coefficient (Wildman–Crippen LogP) is 5.63. The zero-order valence-corrected chi connectivity index (χ0v) is 16.9. The Morgan fingerprint density at radius 3 is 1.90 bits per heavy atom. The molecule has 0 spiro atoms. The molecule has 6 heteroatoms. The third kappa shape index (κ3) is 5.59. The van der Waals surface area contributed by atoms with Crippen molar-refractivity contribution in [2.45, 2.75) is 20.0 Å². The van der Waals surface area contributed by atoms with Crippen LogP contribution in [0.1, 0.15) is 34.6 Å². The number of anilines is 2. The maximum atomic E-state index is 12.4. The lowest BCUT2D eigenvalue weighted by molar-refractivity contribution is 0.101. The first-order chi connectivity index (χ1) is 13.9. The van der Waals surface area contributed by atoms with Crippen LogP contribution in [0.2, 0.25) is 5.02 Å². The molecule has 0 aliphatic rings. The predicted molar refractivity (Wildman–Crippen MR) is 116 cm³/mol. The molecule has 3 rings (SSSR count). The summed E-state index contributed by atoms with van der Waals surface area (Å²) in [7, 11) is 0. The molecule has 0 aliphatic heterocycles. The highest BCUT2D eigenvalue weighted by atomic mass is 35.5. The summed E-state index contributed by atoms with van der Waals surface area (Å²) in [5.41, 5.74) is 2.14. The zero-order valence-electron chi connectivity index (χ0n) is 16.1. The molecule has 0 fully saturated rings. The number of benzene rings is 3. The van der Waals surface area contributed by atoms with Gasteiger partial charge < -0.3 is 15.4 Å². The monoisotopic (exact) mass is 408 g/mol. The average molecular weight is 409 g/mol. The molecule has 3 aromatic carbocycles. The van der Waals surface area contributed by atoms with Crippen molar-refractivity contribution >= 4 is 34.8 Å². The van der Waals surface area contributed by atoms with E-state index >= 15 is 0 Å². The fourth-order valence-electron chi connectivity index (χ4n) is 2.64. The first-order valence-electron chi connectivity index (χ1n) is 9.16. The summed E-state index contributed by atoms with van der Waals surface area (Å²) in [6.07, 6.45) is 0.0756. The van der Waals surface area contributed by atoms with Gasteiger partial charge in [-0.25, -0.2) is 0 Å². The summed E-state index contributed by atoms with van der Waals surface area (Å²) in [5, 5.41) is 6.00. The first-order valence-corrected chi connectivity index (χ1v) is 9.54. The maximum Gasteiger partial charge on any atom is 0.257 e. The van der Waals surface area contributed by atoms with Crippen molar-refractivity contribution < 1.29 is 14.3 Å². The molecule has 3 aromatic rings.